The smallest absolute Gasteiger partial charge is 0.273 e. The van der Waals surface area contributed by atoms with Gasteiger partial charge in [-0.05, 0) is 31.2 Å². The van der Waals surface area contributed by atoms with Crippen molar-refractivity contribution in [3.8, 4) is 5.75 Å². The normalized spacial score (nSPS) is 10.3. The Kier molecular flexibility index (Phi) is 5.56. The van der Waals surface area contributed by atoms with E-state index in [-0.39, 0.29) is 11.6 Å². The molecule has 0 unspecified atom stereocenters. The molecule has 0 radical (unpaired) electrons. The van der Waals surface area contributed by atoms with E-state index in [9.17, 15) is 14.9 Å². The third-order valence-corrected chi connectivity index (χ3v) is 4.22. The quantitative estimate of drug-likeness (QED) is 0.570. The molecule has 0 atom stereocenters. The number of hydrogen-bond acceptors (Lipinski definition) is 4. The molecular formula is C17H17BrN2O4. The molecule has 0 aliphatic rings. The topological polar surface area (TPSA) is 72.7 Å². The predicted molar refractivity (Wildman–Crippen MR) is 94.3 cm³/mol. The molecule has 6 nitrogen and oxygen atoms in total. The van der Waals surface area contributed by atoms with Gasteiger partial charge >= 0.3 is 0 Å². The average molecular weight is 393 g/mol. The summed E-state index contributed by atoms with van der Waals surface area (Å²) in [5.41, 5.74) is 1.46. The lowest BCUT2D eigenvalue weighted by Crippen LogP contribution is -2.27. The number of methoxy groups -OCH3 is 1. The summed E-state index contributed by atoms with van der Waals surface area (Å²) in [5, 5.41) is 11.0. The zero-order chi connectivity index (χ0) is 17.9. The minimum atomic E-state index is -0.483. The van der Waals surface area contributed by atoms with Crippen LogP contribution in [0.4, 0.5) is 5.69 Å². The number of carbonyl (C=O) groups excluding carboxylic acids is 1. The molecule has 0 saturated heterocycles. The molecule has 0 bridgehead atoms. The van der Waals surface area contributed by atoms with Crippen LogP contribution in [0.25, 0.3) is 0 Å². The summed E-state index contributed by atoms with van der Waals surface area (Å²) in [6.07, 6.45) is 0. The van der Waals surface area contributed by atoms with Gasteiger partial charge in [-0.3, -0.25) is 14.9 Å². The van der Waals surface area contributed by atoms with E-state index in [1.165, 1.54) is 17.0 Å². The second-order valence-corrected chi connectivity index (χ2v) is 6.24. The lowest BCUT2D eigenvalue weighted by molar-refractivity contribution is -0.385. The Hall–Kier alpha value is -2.41. The van der Waals surface area contributed by atoms with Crippen LogP contribution in [0.3, 0.4) is 0 Å². The van der Waals surface area contributed by atoms with Crippen molar-refractivity contribution in [1.29, 1.82) is 0 Å². The first-order valence-electron chi connectivity index (χ1n) is 7.17. The number of carbonyl (C=O) groups is 1. The summed E-state index contributed by atoms with van der Waals surface area (Å²) in [5.74, 6) is 0.395. The lowest BCUT2D eigenvalue weighted by Gasteiger charge is -2.20. The summed E-state index contributed by atoms with van der Waals surface area (Å²) in [4.78, 5) is 24.7. The third kappa shape index (κ3) is 3.73. The maximum atomic E-state index is 12.7. The van der Waals surface area contributed by atoms with Crippen molar-refractivity contribution in [1.82, 2.24) is 4.90 Å². The highest BCUT2D eigenvalue weighted by Crippen LogP contribution is 2.26. The van der Waals surface area contributed by atoms with E-state index in [1.807, 2.05) is 18.2 Å². The van der Waals surface area contributed by atoms with Crippen LogP contribution in [0, 0.1) is 17.0 Å². The van der Waals surface area contributed by atoms with Gasteiger partial charge in [-0.1, -0.05) is 22.0 Å². The van der Waals surface area contributed by atoms with Crippen molar-refractivity contribution in [3.63, 3.8) is 0 Å². The van der Waals surface area contributed by atoms with Crippen LogP contribution in [-0.4, -0.2) is 29.9 Å². The molecule has 0 fully saturated rings. The zero-order valence-corrected chi connectivity index (χ0v) is 15.2. The zero-order valence-electron chi connectivity index (χ0n) is 13.6. The highest BCUT2D eigenvalue weighted by molar-refractivity contribution is 9.10. The second-order valence-electron chi connectivity index (χ2n) is 5.32. The Morgan fingerprint density at radius 2 is 2.04 bits per heavy atom. The standard InChI is InChI=1S/C17H17BrN2O4/c1-11-14(5-4-6-15(11)20(22)23)17(21)19(2)10-12-9-13(18)7-8-16(12)24-3/h4-9H,10H2,1-3H3. The van der Waals surface area contributed by atoms with Crippen molar-refractivity contribution >= 4 is 27.5 Å². The lowest BCUT2D eigenvalue weighted by atomic mass is 10.1. The van der Waals surface area contributed by atoms with E-state index in [4.69, 9.17) is 4.74 Å². The van der Waals surface area contributed by atoms with E-state index in [2.05, 4.69) is 15.9 Å². The predicted octanol–water partition coefficient (Wildman–Crippen LogP) is 3.95. The minimum absolute atomic E-state index is 0.0608. The van der Waals surface area contributed by atoms with Gasteiger partial charge in [-0.2, -0.15) is 0 Å². The number of nitrogens with zero attached hydrogens (tertiary/aromatic N) is 2. The van der Waals surface area contributed by atoms with Crippen LogP contribution in [0.1, 0.15) is 21.5 Å². The van der Waals surface area contributed by atoms with Gasteiger partial charge in [0.1, 0.15) is 5.75 Å². The average Bonchev–Trinajstić information content (AvgIpc) is 2.54. The molecule has 24 heavy (non-hydrogen) atoms. The summed E-state index contributed by atoms with van der Waals surface area (Å²) < 4.78 is 6.19. The highest BCUT2D eigenvalue weighted by atomic mass is 79.9. The Bertz CT molecular complexity index is 792. The Balaban J connectivity index is 2.30. The number of nitro benzene ring substituents is 1. The number of benzene rings is 2. The molecule has 126 valence electrons. The molecule has 2 rings (SSSR count). The Morgan fingerprint density at radius 3 is 2.67 bits per heavy atom. The molecule has 0 N–H and O–H groups in total. The maximum absolute atomic E-state index is 12.7. The molecule has 0 aliphatic carbocycles. The van der Waals surface area contributed by atoms with E-state index in [1.54, 1.807) is 27.1 Å². The van der Waals surface area contributed by atoms with Crippen molar-refractivity contribution in [2.45, 2.75) is 13.5 Å². The van der Waals surface area contributed by atoms with Crippen molar-refractivity contribution in [2.75, 3.05) is 14.2 Å². The summed E-state index contributed by atoms with van der Waals surface area (Å²) >= 11 is 3.40. The molecule has 1 amide bonds. The third-order valence-electron chi connectivity index (χ3n) is 3.73. The molecule has 0 aliphatic heterocycles. The number of hydrogen-bond donors (Lipinski definition) is 0. The largest absolute Gasteiger partial charge is 0.496 e. The fourth-order valence-electron chi connectivity index (χ4n) is 2.46. The van der Waals surface area contributed by atoms with Gasteiger partial charge in [0, 0.05) is 40.8 Å². The van der Waals surface area contributed by atoms with Crippen molar-refractivity contribution < 1.29 is 14.5 Å². The fourth-order valence-corrected chi connectivity index (χ4v) is 2.87. The fraction of sp³-hybridized carbons (Fsp3) is 0.235. The van der Waals surface area contributed by atoms with Crippen LogP contribution >= 0.6 is 15.9 Å². The Labute approximate surface area is 148 Å². The number of ether oxygens (including phenoxy) is 1. The van der Waals surface area contributed by atoms with Crippen LogP contribution in [0.2, 0.25) is 0 Å². The van der Waals surface area contributed by atoms with E-state index in [0.717, 1.165) is 10.0 Å². The van der Waals surface area contributed by atoms with Crippen LogP contribution in [0.15, 0.2) is 40.9 Å². The van der Waals surface area contributed by atoms with Gasteiger partial charge in [-0.15, -0.1) is 0 Å². The monoisotopic (exact) mass is 392 g/mol. The van der Waals surface area contributed by atoms with Gasteiger partial charge in [0.15, 0.2) is 0 Å². The van der Waals surface area contributed by atoms with Crippen molar-refractivity contribution in [2.24, 2.45) is 0 Å². The molecule has 7 heteroatoms. The van der Waals surface area contributed by atoms with Crippen molar-refractivity contribution in [3.05, 3.63) is 67.7 Å². The van der Waals surface area contributed by atoms with Gasteiger partial charge in [0.05, 0.1) is 12.0 Å². The van der Waals surface area contributed by atoms with Gasteiger partial charge < -0.3 is 9.64 Å². The maximum Gasteiger partial charge on any atom is 0.273 e. The SMILES string of the molecule is COc1ccc(Br)cc1CN(C)C(=O)c1cccc([N+](=O)[O-])c1C. The summed E-state index contributed by atoms with van der Waals surface area (Å²) in [7, 11) is 3.22. The number of amides is 1. The highest BCUT2D eigenvalue weighted by Gasteiger charge is 2.21. The molecule has 0 heterocycles. The van der Waals surface area contributed by atoms with Crippen LogP contribution in [-0.2, 0) is 6.54 Å². The molecule has 0 aromatic heterocycles. The first-order valence-corrected chi connectivity index (χ1v) is 7.96. The molecule has 0 spiro atoms. The number of rotatable bonds is 5. The molecule has 2 aromatic carbocycles. The van der Waals surface area contributed by atoms with E-state index in [0.29, 0.717) is 23.4 Å². The van der Waals surface area contributed by atoms with E-state index >= 15 is 0 Å². The second kappa shape index (κ2) is 7.44. The van der Waals surface area contributed by atoms with Gasteiger partial charge in [-0.25, -0.2) is 0 Å². The summed E-state index contributed by atoms with van der Waals surface area (Å²) in [6.45, 7) is 1.91. The minimum Gasteiger partial charge on any atom is -0.496 e. The Morgan fingerprint density at radius 1 is 1.33 bits per heavy atom. The molecular weight excluding hydrogens is 376 g/mol. The molecule has 2 aromatic rings. The van der Waals surface area contributed by atoms with Gasteiger partial charge in [0.2, 0.25) is 0 Å². The first-order chi connectivity index (χ1) is 11.3. The first kappa shape index (κ1) is 17.9. The van der Waals surface area contributed by atoms with E-state index < -0.39 is 4.92 Å². The van der Waals surface area contributed by atoms with Gasteiger partial charge in [0.25, 0.3) is 11.6 Å². The number of nitro groups is 1. The van der Waals surface area contributed by atoms with Crippen LogP contribution < -0.4 is 4.74 Å². The van der Waals surface area contributed by atoms with Crippen LogP contribution in [0.5, 0.6) is 5.75 Å². The molecule has 0 saturated carbocycles. The number of halogens is 1. The summed E-state index contributed by atoms with van der Waals surface area (Å²) in [6, 6.07) is 10.1.